The van der Waals surface area contributed by atoms with Crippen LogP contribution >= 0.6 is 0 Å². The molecule has 0 unspecified atom stereocenters. The molecule has 0 amide bonds. The number of nitrogens with one attached hydrogen (secondary N) is 1. The summed E-state index contributed by atoms with van der Waals surface area (Å²) in [5.74, 6) is 0.821. The van der Waals surface area contributed by atoms with Crippen LogP contribution in [0.5, 0.6) is 0 Å². The van der Waals surface area contributed by atoms with Crippen LogP contribution in [0.3, 0.4) is 0 Å². The van der Waals surface area contributed by atoms with Gasteiger partial charge >= 0.3 is 0 Å². The molecular formula is C10H17N. The summed E-state index contributed by atoms with van der Waals surface area (Å²) >= 11 is 0. The molecule has 0 aromatic rings. The Kier molecular flexibility index (Phi) is 3.21. The van der Waals surface area contributed by atoms with Gasteiger partial charge in [-0.25, -0.2) is 0 Å². The highest BCUT2D eigenvalue weighted by atomic mass is 14.8. The van der Waals surface area contributed by atoms with Gasteiger partial charge in [-0.05, 0) is 31.0 Å². The fraction of sp³-hybridized carbons (Fsp3) is 0.600. The smallest absolute Gasteiger partial charge is 0.0357 e. The van der Waals surface area contributed by atoms with Gasteiger partial charge in [-0.1, -0.05) is 25.5 Å². The van der Waals surface area contributed by atoms with E-state index in [9.17, 15) is 0 Å². The molecule has 1 rings (SSSR count). The van der Waals surface area contributed by atoms with Crippen LogP contribution in [0.25, 0.3) is 0 Å². The molecule has 0 saturated carbocycles. The number of allylic oxidation sites excluding steroid dienone is 2. The summed E-state index contributed by atoms with van der Waals surface area (Å²) in [6.45, 7) is 5.59. The van der Waals surface area contributed by atoms with Gasteiger partial charge in [0, 0.05) is 6.54 Å². The molecule has 0 saturated heterocycles. The summed E-state index contributed by atoms with van der Waals surface area (Å²) in [5, 5.41) is 3.21. The zero-order valence-corrected chi connectivity index (χ0v) is 7.43. The summed E-state index contributed by atoms with van der Waals surface area (Å²) < 4.78 is 0. The van der Waals surface area contributed by atoms with E-state index < -0.39 is 0 Å². The van der Waals surface area contributed by atoms with Crippen molar-refractivity contribution in [2.75, 3.05) is 6.54 Å². The third kappa shape index (κ3) is 3.26. The maximum Gasteiger partial charge on any atom is 0.0357 e. The first-order chi connectivity index (χ1) is 5.29. The van der Waals surface area contributed by atoms with Crippen LogP contribution in [0.2, 0.25) is 0 Å². The Bertz CT molecular complexity index is 166. The number of hydrogen-bond acceptors (Lipinski definition) is 1. The number of hydrogen-bond donors (Lipinski definition) is 1. The van der Waals surface area contributed by atoms with E-state index in [4.69, 9.17) is 0 Å². The van der Waals surface area contributed by atoms with E-state index in [1.165, 1.54) is 18.4 Å². The second kappa shape index (κ2) is 4.22. The first-order valence-electron chi connectivity index (χ1n) is 4.37. The molecule has 0 aliphatic carbocycles. The van der Waals surface area contributed by atoms with Gasteiger partial charge in [0.05, 0.1) is 0 Å². The Morgan fingerprint density at radius 2 is 2.36 bits per heavy atom. The largest absolute Gasteiger partial charge is 0.387 e. The van der Waals surface area contributed by atoms with Gasteiger partial charge in [-0.3, -0.25) is 0 Å². The van der Waals surface area contributed by atoms with E-state index in [-0.39, 0.29) is 0 Å². The zero-order valence-electron chi connectivity index (χ0n) is 7.43. The van der Waals surface area contributed by atoms with Crippen molar-refractivity contribution in [2.45, 2.75) is 26.7 Å². The summed E-state index contributed by atoms with van der Waals surface area (Å²) in [7, 11) is 0. The fourth-order valence-electron chi connectivity index (χ4n) is 1.15. The topological polar surface area (TPSA) is 12.0 Å². The molecule has 0 aromatic carbocycles. The molecule has 62 valence electrons. The highest BCUT2D eigenvalue weighted by Gasteiger charge is 2.00. The maximum atomic E-state index is 3.21. The average Bonchev–Trinajstić information content (AvgIpc) is 2.03. The second-order valence-electron chi connectivity index (χ2n) is 3.50. The second-order valence-corrected chi connectivity index (χ2v) is 3.50. The molecule has 1 heteroatoms. The van der Waals surface area contributed by atoms with Crippen LogP contribution < -0.4 is 5.32 Å². The quantitative estimate of drug-likeness (QED) is 0.653. The third-order valence-electron chi connectivity index (χ3n) is 1.92. The van der Waals surface area contributed by atoms with Crippen LogP contribution in [0.1, 0.15) is 26.7 Å². The van der Waals surface area contributed by atoms with Gasteiger partial charge in [0.1, 0.15) is 0 Å². The minimum atomic E-state index is 0.821. The van der Waals surface area contributed by atoms with Gasteiger partial charge in [0.2, 0.25) is 0 Å². The van der Waals surface area contributed by atoms with E-state index in [0.717, 1.165) is 12.5 Å². The molecule has 0 spiro atoms. The molecule has 1 nitrogen and oxygen atoms in total. The molecule has 1 heterocycles. The Morgan fingerprint density at radius 1 is 1.55 bits per heavy atom. The Hall–Kier alpha value is -0.720. The highest BCUT2D eigenvalue weighted by molar-refractivity contribution is 5.17. The molecule has 0 fully saturated rings. The first kappa shape index (κ1) is 8.38. The van der Waals surface area contributed by atoms with Gasteiger partial charge < -0.3 is 5.32 Å². The van der Waals surface area contributed by atoms with Gasteiger partial charge in [-0.2, -0.15) is 0 Å². The normalized spacial score (nSPS) is 16.5. The van der Waals surface area contributed by atoms with E-state index in [2.05, 4.69) is 31.3 Å². The maximum absolute atomic E-state index is 3.21. The van der Waals surface area contributed by atoms with Crippen molar-refractivity contribution >= 4 is 0 Å². The monoisotopic (exact) mass is 151 g/mol. The van der Waals surface area contributed by atoms with Crippen LogP contribution in [-0.4, -0.2) is 6.54 Å². The first-order valence-corrected chi connectivity index (χ1v) is 4.37. The van der Waals surface area contributed by atoms with E-state index in [1.807, 2.05) is 6.20 Å². The minimum absolute atomic E-state index is 0.821. The van der Waals surface area contributed by atoms with Crippen molar-refractivity contribution in [1.29, 1.82) is 0 Å². The molecular weight excluding hydrogens is 134 g/mol. The van der Waals surface area contributed by atoms with Gasteiger partial charge in [0.15, 0.2) is 0 Å². The van der Waals surface area contributed by atoms with Crippen LogP contribution in [0.4, 0.5) is 0 Å². The lowest BCUT2D eigenvalue weighted by atomic mass is 10.0. The average molecular weight is 151 g/mol. The Balaban J connectivity index is 2.25. The molecule has 1 aliphatic heterocycles. The summed E-state index contributed by atoms with van der Waals surface area (Å²) in [6.07, 6.45) is 8.85. The lowest BCUT2D eigenvalue weighted by Crippen LogP contribution is -2.12. The molecule has 11 heavy (non-hydrogen) atoms. The Morgan fingerprint density at radius 3 is 2.91 bits per heavy atom. The lowest BCUT2D eigenvalue weighted by molar-refractivity contribution is 0.578. The van der Waals surface area contributed by atoms with Crippen molar-refractivity contribution in [3.8, 4) is 0 Å². The predicted molar refractivity (Wildman–Crippen MR) is 49.3 cm³/mol. The van der Waals surface area contributed by atoms with Crippen molar-refractivity contribution in [3.05, 3.63) is 23.9 Å². The Labute approximate surface area is 69.2 Å². The molecule has 0 aromatic heterocycles. The fourth-order valence-corrected chi connectivity index (χ4v) is 1.15. The van der Waals surface area contributed by atoms with Crippen molar-refractivity contribution in [1.82, 2.24) is 5.32 Å². The number of dihydropyridines is 1. The van der Waals surface area contributed by atoms with Crippen LogP contribution in [0.15, 0.2) is 23.9 Å². The van der Waals surface area contributed by atoms with Crippen LogP contribution in [-0.2, 0) is 0 Å². The van der Waals surface area contributed by atoms with Crippen molar-refractivity contribution in [2.24, 2.45) is 5.92 Å². The highest BCUT2D eigenvalue weighted by Crippen LogP contribution is 2.12. The van der Waals surface area contributed by atoms with Crippen molar-refractivity contribution in [3.63, 3.8) is 0 Å². The standard InChI is InChI=1S/C10H17N/c1-9(2)5-6-10-4-3-7-11-8-10/h3-4,7,9,11H,5-6,8H2,1-2H3. The molecule has 1 N–H and O–H groups in total. The van der Waals surface area contributed by atoms with Crippen molar-refractivity contribution < 1.29 is 0 Å². The molecule has 1 aliphatic rings. The summed E-state index contributed by atoms with van der Waals surface area (Å²) in [4.78, 5) is 0. The van der Waals surface area contributed by atoms with E-state index in [0.29, 0.717) is 0 Å². The summed E-state index contributed by atoms with van der Waals surface area (Å²) in [6, 6.07) is 0. The van der Waals surface area contributed by atoms with E-state index >= 15 is 0 Å². The lowest BCUT2D eigenvalue weighted by Gasteiger charge is -2.11. The minimum Gasteiger partial charge on any atom is -0.387 e. The van der Waals surface area contributed by atoms with E-state index in [1.54, 1.807) is 0 Å². The number of rotatable bonds is 3. The molecule has 0 radical (unpaired) electrons. The summed E-state index contributed by atoms with van der Waals surface area (Å²) in [5.41, 5.74) is 1.53. The van der Waals surface area contributed by atoms with Crippen LogP contribution in [0, 0.1) is 5.92 Å². The molecule has 0 bridgehead atoms. The molecule has 0 atom stereocenters. The third-order valence-corrected chi connectivity index (χ3v) is 1.92. The zero-order chi connectivity index (χ0) is 8.10. The van der Waals surface area contributed by atoms with Gasteiger partial charge in [0.25, 0.3) is 0 Å². The predicted octanol–water partition coefficient (Wildman–Crippen LogP) is 2.47. The van der Waals surface area contributed by atoms with Gasteiger partial charge in [-0.15, -0.1) is 0 Å². The SMILES string of the molecule is CC(C)CCC1=CC=CNC1.